The summed E-state index contributed by atoms with van der Waals surface area (Å²) in [5.74, 6) is 0.981. The fourth-order valence-corrected chi connectivity index (χ4v) is 3.68. The van der Waals surface area contributed by atoms with E-state index in [9.17, 15) is 0 Å². The second-order valence-corrected chi connectivity index (χ2v) is 6.99. The minimum absolute atomic E-state index is 0.450. The van der Waals surface area contributed by atoms with Crippen LogP contribution in [0.15, 0.2) is 54.9 Å². The predicted octanol–water partition coefficient (Wildman–Crippen LogP) is 3.06. The van der Waals surface area contributed by atoms with Gasteiger partial charge in [0.25, 0.3) is 0 Å². The molecule has 0 unspecified atom stereocenters. The van der Waals surface area contributed by atoms with Gasteiger partial charge in [0.05, 0.1) is 19.4 Å². The summed E-state index contributed by atoms with van der Waals surface area (Å²) in [7, 11) is 0. The highest BCUT2D eigenvalue weighted by Gasteiger charge is 2.27. The second kappa shape index (κ2) is 8.33. The first-order chi connectivity index (χ1) is 13.3. The van der Waals surface area contributed by atoms with Crippen LogP contribution in [0.4, 0.5) is 5.82 Å². The number of nitrogen functional groups attached to an aromatic ring is 1. The molecule has 0 aliphatic carbocycles. The van der Waals surface area contributed by atoms with Gasteiger partial charge in [-0.1, -0.05) is 30.3 Å². The van der Waals surface area contributed by atoms with Crippen molar-refractivity contribution in [2.24, 2.45) is 0 Å². The van der Waals surface area contributed by atoms with E-state index >= 15 is 0 Å². The number of benzene rings is 1. The second-order valence-electron chi connectivity index (χ2n) is 6.99. The molecule has 6 nitrogen and oxygen atoms in total. The van der Waals surface area contributed by atoms with Crippen LogP contribution < -0.4 is 5.73 Å². The van der Waals surface area contributed by atoms with Gasteiger partial charge in [-0.2, -0.15) is 5.10 Å². The van der Waals surface area contributed by atoms with E-state index in [2.05, 4.69) is 32.2 Å². The maximum atomic E-state index is 5.84. The maximum Gasteiger partial charge on any atom is 0.123 e. The molecule has 0 spiro atoms. The molecule has 1 atom stereocenters. The molecule has 3 N–H and O–H groups in total. The first-order valence-corrected chi connectivity index (χ1v) is 9.39. The molecule has 140 valence electrons. The number of likely N-dealkylation sites (tertiary alicyclic amines) is 1. The van der Waals surface area contributed by atoms with Crippen LogP contribution in [0.2, 0.25) is 0 Å². The topological polar surface area (TPSA) is 80.1 Å². The van der Waals surface area contributed by atoms with Crippen LogP contribution in [-0.2, 0) is 11.3 Å². The van der Waals surface area contributed by atoms with Gasteiger partial charge in [-0.25, -0.2) is 4.98 Å². The number of hydrogen-bond donors (Lipinski definition) is 2. The Morgan fingerprint density at radius 1 is 1.22 bits per heavy atom. The highest BCUT2D eigenvalue weighted by atomic mass is 16.5. The molecule has 1 aliphatic rings. The summed E-state index contributed by atoms with van der Waals surface area (Å²) in [5.41, 5.74) is 10.4. The molecule has 4 rings (SSSR count). The molecular weight excluding hydrogens is 338 g/mol. The standard InChI is InChI=1S/C21H25N5O/c22-20-12-17(6-8-23-20)19-13-24-25-21(19)18-7-9-26(14-18)10-11-27-15-16-4-2-1-3-5-16/h1-6,8,12-13,18H,7,9-11,14-15H2,(H2,22,23)(H,24,25)/t18-/m0/s1. The number of nitrogens with two attached hydrogens (primary N) is 1. The minimum atomic E-state index is 0.450. The van der Waals surface area contributed by atoms with Crippen LogP contribution >= 0.6 is 0 Å². The van der Waals surface area contributed by atoms with Crippen molar-refractivity contribution in [1.29, 1.82) is 0 Å². The Hall–Kier alpha value is -2.70. The third-order valence-corrected chi connectivity index (χ3v) is 5.10. The lowest BCUT2D eigenvalue weighted by Crippen LogP contribution is -2.25. The SMILES string of the molecule is Nc1cc(-c2cn[nH]c2[C@H]2CCN(CCOCc3ccccc3)C2)ccn1. The Bertz CT molecular complexity index is 864. The Morgan fingerprint density at radius 2 is 2.11 bits per heavy atom. The normalized spacial score (nSPS) is 17.4. The highest BCUT2D eigenvalue weighted by molar-refractivity contribution is 5.67. The van der Waals surface area contributed by atoms with Gasteiger partial charge in [0.2, 0.25) is 0 Å². The summed E-state index contributed by atoms with van der Waals surface area (Å²) in [5, 5.41) is 7.48. The number of hydrogen-bond acceptors (Lipinski definition) is 5. The van der Waals surface area contributed by atoms with Crippen molar-refractivity contribution < 1.29 is 4.74 Å². The van der Waals surface area contributed by atoms with Gasteiger partial charge in [0, 0.05) is 36.5 Å². The highest BCUT2D eigenvalue weighted by Crippen LogP contribution is 2.33. The molecule has 1 aromatic carbocycles. The molecule has 0 radical (unpaired) electrons. The predicted molar refractivity (Wildman–Crippen MR) is 106 cm³/mol. The van der Waals surface area contributed by atoms with Crippen molar-refractivity contribution >= 4 is 5.82 Å². The number of anilines is 1. The third-order valence-electron chi connectivity index (χ3n) is 5.10. The van der Waals surface area contributed by atoms with Crippen LogP contribution in [0.5, 0.6) is 0 Å². The van der Waals surface area contributed by atoms with Crippen LogP contribution in [0.1, 0.15) is 23.6 Å². The van der Waals surface area contributed by atoms with Gasteiger partial charge < -0.3 is 15.4 Å². The number of ether oxygens (including phenoxy) is 1. The molecule has 0 saturated carbocycles. The lowest BCUT2D eigenvalue weighted by atomic mass is 9.97. The summed E-state index contributed by atoms with van der Waals surface area (Å²) in [4.78, 5) is 6.54. The van der Waals surface area contributed by atoms with Gasteiger partial charge in [0.1, 0.15) is 5.82 Å². The van der Waals surface area contributed by atoms with Crippen molar-refractivity contribution in [2.45, 2.75) is 18.9 Å². The molecule has 1 aliphatic heterocycles. The number of H-pyrrole nitrogens is 1. The third kappa shape index (κ3) is 4.35. The van der Waals surface area contributed by atoms with Gasteiger partial charge >= 0.3 is 0 Å². The molecule has 2 aromatic heterocycles. The number of aromatic nitrogens is 3. The van der Waals surface area contributed by atoms with E-state index in [0.29, 0.717) is 18.3 Å². The lowest BCUT2D eigenvalue weighted by Gasteiger charge is -2.16. The van der Waals surface area contributed by atoms with Crippen LogP contribution in [0.3, 0.4) is 0 Å². The number of rotatable bonds is 7. The van der Waals surface area contributed by atoms with Gasteiger partial charge in [-0.15, -0.1) is 0 Å². The Balaban J connectivity index is 1.31. The van der Waals surface area contributed by atoms with E-state index in [1.165, 1.54) is 11.3 Å². The number of aromatic amines is 1. The summed E-state index contributed by atoms with van der Waals surface area (Å²) in [6.07, 6.45) is 4.75. The summed E-state index contributed by atoms with van der Waals surface area (Å²) >= 11 is 0. The van der Waals surface area contributed by atoms with E-state index in [-0.39, 0.29) is 0 Å². The monoisotopic (exact) mass is 363 g/mol. The summed E-state index contributed by atoms with van der Waals surface area (Å²) in [6.45, 7) is 4.47. The Labute approximate surface area is 159 Å². The van der Waals surface area contributed by atoms with Gasteiger partial charge in [0.15, 0.2) is 0 Å². The number of pyridine rings is 1. The van der Waals surface area contributed by atoms with Crippen molar-refractivity contribution in [2.75, 3.05) is 32.0 Å². The van der Waals surface area contributed by atoms with Crippen LogP contribution in [-0.4, -0.2) is 46.3 Å². The molecule has 0 bridgehead atoms. The molecule has 0 amide bonds. The average molecular weight is 363 g/mol. The fourth-order valence-electron chi connectivity index (χ4n) is 3.68. The first kappa shape index (κ1) is 17.7. The molecular formula is C21H25N5O. The van der Waals surface area contributed by atoms with Crippen molar-refractivity contribution in [1.82, 2.24) is 20.1 Å². The average Bonchev–Trinajstić information content (AvgIpc) is 3.35. The Morgan fingerprint density at radius 3 is 2.96 bits per heavy atom. The van der Waals surface area contributed by atoms with Crippen molar-refractivity contribution in [3.8, 4) is 11.1 Å². The van der Waals surface area contributed by atoms with Gasteiger partial charge in [-0.3, -0.25) is 5.10 Å². The molecule has 1 fully saturated rings. The lowest BCUT2D eigenvalue weighted by molar-refractivity contribution is 0.0989. The molecule has 1 saturated heterocycles. The molecule has 27 heavy (non-hydrogen) atoms. The van der Waals surface area contributed by atoms with Crippen LogP contribution in [0.25, 0.3) is 11.1 Å². The van der Waals surface area contributed by atoms with E-state index in [1.54, 1.807) is 6.20 Å². The van der Waals surface area contributed by atoms with E-state index in [1.807, 2.05) is 36.5 Å². The van der Waals surface area contributed by atoms with E-state index in [0.717, 1.165) is 43.8 Å². The zero-order chi connectivity index (χ0) is 18.5. The number of nitrogens with zero attached hydrogens (tertiary/aromatic N) is 3. The van der Waals surface area contributed by atoms with Crippen molar-refractivity contribution in [3.05, 3.63) is 66.1 Å². The smallest absolute Gasteiger partial charge is 0.123 e. The summed E-state index contributed by atoms with van der Waals surface area (Å²) < 4.78 is 5.83. The van der Waals surface area contributed by atoms with Crippen LogP contribution in [0, 0.1) is 0 Å². The fraction of sp³-hybridized carbons (Fsp3) is 0.333. The van der Waals surface area contributed by atoms with E-state index < -0.39 is 0 Å². The zero-order valence-corrected chi connectivity index (χ0v) is 15.3. The molecule has 3 aromatic rings. The number of nitrogens with one attached hydrogen (secondary N) is 1. The molecule has 3 heterocycles. The Kier molecular flexibility index (Phi) is 5.46. The quantitative estimate of drug-likeness (QED) is 0.631. The maximum absolute atomic E-state index is 5.84. The summed E-state index contributed by atoms with van der Waals surface area (Å²) in [6, 6.07) is 14.2. The first-order valence-electron chi connectivity index (χ1n) is 9.39. The van der Waals surface area contributed by atoms with Crippen molar-refractivity contribution in [3.63, 3.8) is 0 Å². The minimum Gasteiger partial charge on any atom is -0.384 e. The van der Waals surface area contributed by atoms with E-state index in [4.69, 9.17) is 10.5 Å². The molecule has 6 heteroatoms. The zero-order valence-electron chi connectivity index (χ0n) is 15.3. The van der Waals surface area contributed by atoms with Gasteiger partial charge in [-0.05, 0) is 36.2 Å². The largest absolute Gasteiger partial charge is 0.384 e.